The SMILES string of the molecule is Cc1ccnc([C@H]2C[C@@H]2c2cc(CO)c3ccc(NC(=O)OC(C)(C)C)cc3n2)n1. The maximum absolute atomic E-state index is 12.1. The van der Waals surface area contributed by atoms with Crippen molar-refractivity contribution in [2.24, 2.45) is 0 Å². The Hall–Kier alpha value is -3.06. The molecule has 30 heavy (non-hydrogen) atoms. The summed E-state index contributed by atoms with van der Waals surface area (Å²) in [6, 6.07) is 9.30. The van der Waals surface area contributed by atoms with E-state index < -0.39 is 11.7 Å². The first-order valence-electron chi connectivity index (χ1n) is 10.1. The molecule has 1 aliphatic carbocycles. The Morgan fingerprint density at radius 1 is 1.20 bits per heavy atom. The van der Waals surface area contributed by atoms with Gasteiger partial charge in [0.2, 0.25) is 0 Å². The van der Waals surface area contributed by atoms with Crippen molar-refractivity contribution in [1.82, 2.24) is 15.0 Å². The van der Waals surface area contributed by atoms with Gasteiger partial charge in [-0.25, -0.2) is 14.8 Å². The van der Waals surface area contributed by atoms with E-state index in [2.05, 4.69) is 15.3 Å². The third-order valence-corrected chi connectivity index (χ3v) is 5.05. The second-order valence-corrected chi connectivity index (χ2v) is 8.73. The van der Waals surface area contributed by atoms with Gasteiger partial charge in [0.25, 0.3) is 0 Å². The molecule has 3 aromatic rings. The number of fused-ring (bicyclic) bond motifs is 1. The van der Waals surface area contributed by atoms with Gasteiger partial charge >= 0.3 is 6.09 Å². The van der Waals surface area contributed by atoms with Gasteiger partial charge in [-0.1, -0.05) is 6.07 Å². The number of rotatable bonds is 4. The molecule has 0 unspecified atom stereocenters. The van der Waals surface area contributed by atoms with Gasteiger partial charge in [0, 0.05) is 40.5 Å². The average molecular weight is 406 g/mol. The fraction of sp³-hybridized carbons (Fsp3) is 0.391. The molecule has 1 saturated carbocycles. The first kappa shape index (κ1) is 20.2. The van der Waals surface area contributed by atoms with E-state index >= 15 is 0 Å². The Morgan fingerprint density at radius 2 is 2.00 bits per heavy atom. The van der Waals surface area contributed by atoms with Gasteiger partial charge in [-0.15, -0.1) is 0 Å². The largest absolute Gasteiger partial charge is 0.444 e. The van der Waals surface area contributed by atoms with Crippen molar-refractivity contribution in [3.05, 3.63) is 59.3 Å². The number of hydrogen-bond donors (Lipinski definition) is 2. The summed E-state index contributed by atoms with van der Waals surface area (Å²) >= 11 is 0. The zero-order valence-corrected chi connectivity index (χ0v) is 17.6. The van der Waals surface area contributed by atoms with Crippen molar-refractivity contribution in [1.29, 1.82) is 0 Å². The number of anilines is 1. The van der Waals surface area contributed by atoms with Gasteiger partial charge in [0.05, 0.1) is 12.1 Å². The molecule has 2 heterocycles. The van der Waals surface area contributed by atoms with E-state index in [9.17, 15) is 9.90 Å². The summed E-state index contributed by atoms with van der Waals surface area (Å²) < 4.78 is 5.32. The fourth-order valence-electron chi connectivity index (χ4n) is 3.60. The highest BCUT2D eigenvalue weighted by Gasteiger charge is 2.43. The number of nitrogens with zero attached hydrogens (tertiary/aromatic N) is 3. The Labute approximate surface area is 175 Å². The smallest absolute Gasteiger partial charge is 0.412 e. The summed E-state index contributed by atoms with van der Waals surface area (Å²) in [5, 5.41) is 13.5. The van der Waals surface area contributed by atoms with E-state index in [-0.39, 0.29) is 18.4 Å². The van der Waals surface area contributed by atoms with E-state index in [0.717, 1.165) is 40.1 Å². The van der Waals surface area contributed by atoms with Crippen molar-refractivity contribution in [3.63, 3.8) is 0 Å². The normalized spacial score (nSPS) is 18.3. The quantitative estimate of drug-likeness (QED) is 0.665. The van der Waals surface area contributed by atoms with Crippen molar-refractivity contribution in [3.8, 4) is 0 Å². The molecule has 0 radical (unpaired) electrons. The van der Waals surface area contributed by atoms with Crippen LogP contribution in [-0.2, 0) is 11.3 Å². The summed E-state index contributed by atoms with van der Waals surface area (Å²) in [7, 11) is 0. The van der Waals surface area contributed by atoms with Crippen molar-refractivity contribution in [2.45, 2.75) is 58.2 Å². The molecule has 4 rings (SSSR count). The Morgan fingerprint density at radius 3 is 2.70 bits per heavy atom. The fourth-order valence-corrected chi connectivity index (χ4v) is 3.60. The summed E-state index contributed by atoms with van der Waals surface area (Å²) in [6.45, 7) is 7.33. The number of aryl methyl sites for hydroxylation is 1. The molecule has 2 N–H and O–H groups in total. The standard InChI is InChI=1S/C23H26N4O3/c1-13-7-8-24-21(25-13)18-11-17(18)19-9-14(12-28)16-6-5-15(10-20(16)27-19)26-22(29)30-23(2,3)4/h5-10,17-18,28H,11-12H2,1-4H3,(H,26,29)/t17-,18-/m0/s1. The van der Waals surface area contributed by atoms with Crippen LogP contribution in [0.3, 0.4) is 0 Å². The molecule has 2 atom stereocenters. The van der Waals surface area contributed by atoms with Crippen LogP contribution in [0.2, 0.25) is 0 Å². The molecule has 1 amide bonds. The minimum absolute atomic E-state index is 0.0802. The first-order chi connectivity index (χ1) is 14.2. The second kappa shape index (κ2) is 7.65. The van der Waals surface area contributed by atoms with Crippen LogP contribution in [0, 0.1) is 6.92 Å². The topological polar surface area (TPSA) is 97.2 Å². The molecule has 1 fully saturated rings. The number of ether oxygens (including phenoxy) is 1. The highest BCUT2D eigenvalue weighted by Crippen LogP contribution is 2.53. The zero-order valence-electron chi connectivity index (χ0n) is 17.6. The molecule has 1 aliphatic rings. The lowest BCUT2D eigenvalue weighted by Crippen LogP contribution is -2.27. The van der Waals surface area contributed by atoms with Crippen LogP contribution in [0.1, 0.15) is 61.8 Å². The number of benzene rings is 1. The number of hydrogen-bond acceptors (Lipinski definition) is 6. The molecule has 0 spiro atoms. The highest BCUT2D eigenvalue weighted by molar-refractivity contribution is 5.91. The third kappa shape index (κ3) is 4.41. The van der Waals surface area contributed by atoms with Crippen LogP contribution in [0.5, 0.6) is 0 Å². The maximum Gasteiger partial charge on any atom is 0.412 e. The third-order valence-electron chi connectivity index (χ3n) is 5.05. The Bertz CT molecular complexity index is 1110. The number of carbonyl (C=O) groups is 1. The molecule has 0 saturated heterocycles. The molecule has 156 valence electrons. The van der Waals surface area contributed by atoms with Crippen LogP contribution in [0.25, 0.3) is 10.9 Å². The zero-order chi connectivity index (χ0) is 21.5. The predicted molar refractivity (Wildman–Crippen MR) is 114 cm³/mol. The minimum atomic E-state index is -0.574. The van der Waals surface area contributed by atoms with Crippen LogP contribution in [0.15, 0.2) is 36.5 Å². The molecule has 2 aromatic heterocycles. The second-order valence-electron chi connectivity index (χ2n) is 8.73. The van der Waals surface area contributed by atoms with E-state index in [4.69, 9.17) is 9.72 Å². The number of aliphatic hydroxyl groups excluding tert-OH is 1. The van der Waals surface area contributed by atoms with Crippen LogP contribution in [0.4, 0.5) is 10.5 Å². The predicted octanol–water partition coefficient (Wildman–Crippen LogP) is 4.44. The van der Waals surface area contributed by atoms with Crippen molar-refractivity contribution < 1.29 is 14.6 Å². The molecule has 0 bridgehead atoms. The van der Waals surface area contributed by atoms with Crippen molar-refractivity contribution >= 4 is 22.7 Å². The first-order valence-corrected chi connectivity index (χ1v) is 10.1. The van der Waals surface area contributed by atoms with E-state index in [1.165, 1.54) is 0 Å². The monoisotopic (exact) mass is 406 g/mol. The van der Waals surface area contributed by atoms with Crippen LogP contribution >= 0.6 is 0 Å². The lowest BCUT2D eigenvalue weighted by Gasteiger charge is -2.19. The van der Waals surface area contributed by atoms with Gasteiger partial charge < -0.3 is 9.84 Å². The van der Waals surface area contributed by atoms with E-state index in [1.54, 1.807) is 12.3 Å². The van der Waals surface area contributed by atoms with Gasteiger partial charge in [0.15, 0.2) is 0 Å². The Balaban J connectivity index is 1.61. The number of amides is 1. The summed E-state index contributed by atoms with van der Waals surface area (Å²) in [4.78, 5) is 25.9. The summed E-state index contributed by atoms with van der Waals surface area (Å²) in [5.74, 6) is 1.31. The lowest BCUT2D eigenvalue weighted by molar-refractivity contribution is 0.0636. The molecule has 7 heteroatoms. The van der Waals surface area contributed by atoms with E-state index in [1.807, 2.05) is 52.0 Å². The molecular weight excluding hydrogens is 380 g/mol. The number of aromatic nitrogens is 3. The molecule has 1 aromatic carbocycles. The van der Waals surface area contributed by atoms with Gasteiger partial charge in [-0.2, -0.15) is 0 Å². The molecular formula is C23H26N4O3. The molecule has 0 aliphatic heterocycles. The minimum Gasteiger partial charge on any atom is -0.444 e. The Kier molecular flexibility index (Phi) is 5.15. The van der Waals surface area contributed by atoms with Gasteiger partial charge in [0.1, 0.15) is 11.4 Å². The van der Waals surface area contributed by atoms with Gasteiger partial charge in [-0.05, 0) is 63.9 Å². The summed E-state index contributed by atoms with van der Waals surface area (Å²) in [5.41, 5.74) is 3.42. The average Bonchev–Trinajstić information content (AvgIpc) is 3.46. The van der Waals surface area contributed by atoms with Gasteiger partial charge in [-0.3, -0.25) is 10.3 Å². The number of nitrogens with one attached hydrogen (secondary N) is 1. The van der Waals surface area contributed by atoms with E-state index in [0.29, 0.717) is 5.69 Å². The van der Waals surface area contributed by atoms with Crippen LogP contribution < -0.4 is 5.32 Å². The van der Waals surface area contributed by atoms with Crippen molar-refractivity contribution in [2.75, 3.05) is 5.32 Å². The van der Waals surface area contributed by atoms with Crippen LogP contribution in [-0.4, -0.2) is 31.8 Å². The molecule has 7 nitrogen and oxygen atoms in total. The number of pyridine rings is 1. The summed E-state index contributed by atoms with van der Waals surface area (Å²) in [6.07, 6.45) is 2.20. The number of carbonyl (C=O) groups excluding carboxylic acids is 1. The maximum atomic E-state index is 12.1. The lowest BCUT2D eigenvalue weighted by atomic mass is 10.1. The number of aliphatic hydroxyl groups is 1. The highest BCUT2D eigenvalue weighted by atomic mass is 16.6.